The van der Waals surface area contributed by atoms with Gasteiger partial charge in [0.15, 0.2) is 0 Å². The fourth-order valence-corrected chi connectivity index (χ4v) is 2.48. The van der Waals surface area contributed by atoms with E-state index in [1.807, 2.05) is 11.8 Å². The minimum Gasteiger partial charge on any atom is -0.344 e. The van der Waals surface area contributed by atoms with Crippen LogP contribution >= 0.6 is 0 Å². The third-order valence-electron chi connectivity index (χ3n) is 3.84. The van der Waals surface area contributed by atoms with Crippen LogP contribution in [0.4, 0.5) is 0 Å². The third-order valence-corrected chi connectivity index (χ3v) is 3.84. The lowest BCUT2D eigenvalue weighted by Crippen LogP contribution is -2.48. The molecule has 3 atom stereocenters. The lowest BCUT2D eigenvalue weighted by Gasteiger charge is -2.31. The minimum atomic E-state index is -0.346. The molecule has 0 radical (unpaired) electrons. The van der Waals surface area contributed by atoms with E-state index in [-0.39, 0.29) is 23.9 Å². The Morgan fingerprint density at radius 3 is 2.47 bits per heavy atom. The fraction of sp³-hybridized carbons (Fsp3) is 0.867. The van der Waals surface area contributed by atoms with E-state index in [9.17, 15) is 9.59 Å². The van der Waals surface area contributed by atoms with Gasteiger partial charge in [-0.25, -0.2) is 0 Å². The molecule has 1 rings (SSSR count). The van der Waals surface area contributed by atoms with Crippen LogP contribution in [0.5, 0.6) is 0 Å². The molecular weight excluding hydrogens is 240 g/mol. The van der Waals surface area contributed by atoms with Gasteiger partial charge in [0.2, 0.25) is 11.8 Å². The normalized spacial score (nSPS) is 26.3. The number of carbonyl (C=O) groups excluding carboxylic acids is 2. The minimum absolute atomic E-state index is 0.00124. The van der Waals surface area contributed by atoms with Gasteiger partial charge in [0, 0.05) is 19.0 Å². The maximum atomic E-state index is 12.6. The molecule has 0 aromatic carbocycles. The van der Waals surface area contributed by atoms with Gasteiger partial charge < -0.3 is 10.2 Å². The Kier molecular flexibility index (Phi) is 5.83. The van der Waals surface area contributed by atoms with Crippen LogP contribution in [0.15, 0.2) is 0 Å². The van der Waals surface area contributed by atoms with E-state index in [4.69, 9.17) is 0 Å². The highest BCUT2D eigenvalue weighted by atomic mass is 16.2. The number of carbonyl (C=O) groups is 2. The van der Waals surface area contributed by atoms with Crippen LogP contribution in [0.3, 0.4) is 0 Å². The highest BCUT2D eigenvalue weighted by molar-refractivity contribution is 5.90. The Hall–Kier alpha value is -1.06. The zero-order chi connectivity index (χ0) is 14.6. The molecule has 3 unspecified atom stereocenters. The van der Waals surface area contributed by atoms with Gasteiger partial charge in [-0.05, 0) is 25.2 Å². The second-order valence-corrected chi connectivity index (χ2v) is 6.31. The highest BCUT2D eigenvalue weighted by Gasteiger charge is 2.34. The molecule has 0 bridgehead atoms. The number of nitrogens with zero attached hydrogens (tertiary/aromatic N) is 1. The molecule has 0 aromatic rings. The van der Waals surface area contributed by atoms with Crippen LogP contribution in [0.25, 0.3) is 0 Å². The molecule has 0 spiro atoms. The molecule has 2 amide bonds. The molecule has 1 N–H and O–H groups in total. The first kappa shape index (κ1) is 16.0. The van der Waals surface area contributed by atoms with Crippen molar-refractivity contribution in [3.05, 3.63) is 0 Å². The third kappa shape index (κ3) is 4.51. The van der Waals surface area contributed by atoms with Gasteiger partial charge >= 0.3 is 0 Å². The van der Waals surface area contributed by atoms with Crippen molar-refractivity contribution < 1.29 is 9.59 Å². The number of hydrogen-bond acceptors (Lipinski definition) is 2. The number of amides is 2. The molecule has 19 heavy (non-hydrogen) atoms. The first-order valence-corrected chi connectivity index (χ1v) is 7.44. The average molecular weight is 268 g/mol. The highest BCUT2D eigenvalue weighted by Crippen LogP contribution is 2.18. The number of hydrogen-bond donors (Lipinski definition) is 1. The van der Waals surface area contributed by atoms with Crippen molar-refractivity contribution in [2.24, 2.45) is 11.8 Å². The summed E-state index contributed by atoms with van der Waals surface area (Å²) < 4.78 is 0. The summed E-state index contributed by atoms with van der Waals surface area (Å²) in [5.74, 6) is 0.956. The van der Waals surface area contributed by atoms with Gasteiger partial charge in [-0.1, -0.05) is 34.1 Å². The van der Waals surface area contributed by atoms with E-state index in [0.29, 0.717) is 24.7 Å². The van der Waals surface area contributed by atoms with Crippen molar-refractivity contribution in [3.8, 4) is 0 Å². The Morgan fingerprint density at radius 2 is 1.95 bits per heavy atom. The summed E-state index contributed by atoms with van der Waals surface area (Å²) in [7, 11) is 0. The Bertz CT molecular complexity index is 328. The molecule has 1 heterocycles. The SMILES string of the molecule is CCC(C)CN1C(=O)C(CC(C)C)NC(=O)CC1C. The van der Waals surface area contributed by atoms with Crippen LogP contribution in [0.2, 0.25) is 0 Å². The molecule has 4 heteroatoms. The molecule has 1 aliphatic heterocycles. The van der Waals surface area contributed by atoms with E-state index in [0.717, 1.165) is 13.0 Å². The zero-order valence-corrected chi connectivity index (χ0v) is 12.9. The van der Waals surface area contributed by atoms with E-state index in [2.05, 4.69) is 33.0 Å². The summed E-state index contributed by atoms with van der Waals surface area (Å²) in [4.78, 5) is 26.3. The van der Waals surface area contributed by atoms with E-state index >= 15 is 0 Å². The van der Waals surface area contributed by atoms with Gasteiger partial charge in [0.25, 0.3) is 0 Å². The van der Waals surface area contributed by atoms with Crippen molar-refractivity contribution >= 4 is 11.8 Å². The topological polar surface area (TPSA) is 49.4 Å². The summed E-state index contributed by atoms with van der Waals surface area (Å²) >= 11 is 0. The van der Waals surface area contributed by atoms with Gasteiger partial charge in [-0.3, -0.25) is 9.59 Å². The number of rotatable bonds is 5. The quantitative estimate of drug-likeness (QED) is 0.831. The van der Waals surface area contributed by atoms with Gasteiger partial charge in [0.1, 0.15) is 6.04 Å². The zero-order valence-electron chi connectivity index (χ0n) is 12.9. The van der Waals surface area contributed by atoms with Crippen LogP contribution in [-0.4, -0.2) is 35.3 Å². The van der Waals surface area contributed by atoms with Gasteiger partial charge in [-0.15, -0.1) is 0 Å². The van der Waals surface area contributed by atoms with Crippen LogP contribution in [0.1, 0.15) is 53.9 Å². The van der Waals surface area contributed by atoms with Gasteiger partial charge in [0.05, 0.1) is 0 Å². The lowest BCUT2D eigenvalue weighted by atomic mass is 10.0. The van der Waals surface area contributed by atoms with Crippen molar-refractivity contribution in [3.63, 3.8) is 0 Å². The summed E-state index contributed by atoms with van der Waals surface area (Å²) in [6, 6.07) is -0.347. The smallest absolute Gasteiger partial charge is 0.245 e. The summed E-state index contributed by atoms with van der Waals surface area (Å²) in [5.41, 5.74) is 0. The van der Waals surface area contributed by atoms with Crippen LogP contribution in [0, 0.1) is 11.8 Å². The molecule has 0 saturated carbocycles. The predicted octanol–water partition coefficient (Wildman–Crippen LogP) is 2.18. The van der Waals surface area contributed by atoms with Crippen molar-refractivity contribution in [1.82, 2.24) is 10.2 Å². The van der Waals surface area contributed by atoms with Crippen molar-refractivity contribution in [1.29, 1.82) is 0 Å². The first-order valence-electron chi connectivity index (χ1n) is 7.44. The molecule has 1 fully saturated rings. The molecule has 110 valence electrons. The van der Waals surface area contributed by atoms with E-state index < -0.39 is 0 Å². The predicted molar refractivity (Wildman–Crippen MR) is 76.6 cm³/mol. The monoisotopic (exact) mass is 268 g/mol. The van der Waals surface area contributed by atoms with E-state index in [1.54, 1.807) is 0 Å². The van der Waals surface area contributed by atoms with Crippen LogP contribution < -0.4 is 5.32 Å². The van der Waals surface area contributed by atoms with E-state index in [1.165, 1.54) is 0 Å². The number of nitrogens with one attached hydrogen (secondary N) is 1. The first-order chi connectivity index (χ1) is 8.85. The fourth-order valence-electron chi connectivity index (χ4n) is 2.48. The lowest BCUT2D eigenvalue weighted by molar-refractivity contribution is -0.135. The second kappa shape index (κ2) is 6.92. The van der Waals surface area contributed by atoms with Crippen molar-refractivity contribution in [2.75, 3.05) is 6.54 Å². The Balaban J connectivity index is 2.86. The maximum Gasteiger partial charge on any atom is 0.245 e. The average Bonchev–Trinajstić information content (AvgIpc) is 2.40. The van der Waals surface area contributed by atoms with Crippen molar-refractivity contribution in [2.45, 2.75) is 66.0 Å². The molecular formula is C15H28N2O2. The standard InChI is InChI=1S/C15H28N2O2/c1-6-11(4)9-17-12(5)8-14(18)16-13(15(17)19)7-10(2)3/h10-13H,6-9H2,1-5H3,(H,16,18). The summed E-state index contributed by atoms with van der Waals surface area (Å²) in [6.07, 6.45) is 2.18. The van der Waals surface area contributed by atoms with Gasteiger partial charge in [-0.2, -0.15) is 0 Å². The molecule has 1 aliphatic rings. The molecule has 0 aromatic heterocycles. The largest absolute Gasteiger partial charge is 0.344 e. The second-order valence-electron chi connectivity index (χ2n) is 6.31. The maximum absolute atomic E-state index is 12.6. The summed E-state index contributed by atoms with van der Waals surface area (Å²) in [6.45, 7) is 11.2. The summed E-state index contributed by atoms with van der Waals surface area (Å²) in [5, 5.41) is 2.88. The molecule has 4 nitrogen and oxygen atoms in total. The molecule has 1 saturated heterocycles. The Labute approximate surface area is 116 Å². The molecule has 0 aliphatic carbocycles. The van der Waals surface area contributed by atoms with Crippen LogP contribution in [-0.2, 0) is 9.59 Å². The Morgan fingerprint density at radius 1 is 1.32 bits per heavy atom.